The molecule has 8 heteroatoms. The molecule has 0 saturated carbocycles. The molecule has 150 valence electrons. The third-order valence-electron chi connectivity index (χ3n) is 4.15. The fourth-order valence-electron chi connectivity index (χ4n) is 2.65. The van der Waals surface area contributed by atoms with Crippen LogP contribution in [0.3, 0.4) is 0 Å². The van der Waals surface area contributed by atoms with Gasteiger partial charge in [-0.05, 0) is 37.0 Å². The molecule has 0 aliphatic carbocycles. The molecule has 0 aromatic heterocycles. The van der Waals surface area contributed by atoms with E-state index in [1.165, 1.54) is 7.11 Å². The van der Waals surface area contributed by atoms with E-state index >= 15 is 0 Å². The summed E-state index contributed by atoms with van der Waals surface area (Å²) in [5, 5.41) is 9.15. The van der Waals surface area contributed by atoms with Crippen molar-refractivity contribution in [2.24, 2.45) is 4.99 Å². The molecule has 1 amide bonds. The Morgan fingerprint density at radius 2 is 2.11 bits per heavy atom. The molecule has 1 heterocycles. The molecule has 1 aliphatic heterocycles. The molecule has 1 aromatic carbocycles. The van der Waals surface area contributed by atoms with Crippen LogP contribution in [0.25, 0.3) is 0 Å². The van der Waals surface area contributed by atoms with Gasteiger partial charge in [0.1, 0.15) is 0 Å². The highest BCUT2D eigenvalue weighted by molar-refractivity contribution is 5.84. The summed E-state index contributed by atoms with van der Waals surface area (Å²) < 4.78 is 15.7. The summed E-state index contributed by atoms with van der Waals surface area (Å²) in [6.45, 7) is 3.68. The standard InChI is InChI=1S/C19H30N4O4/c1-20-18(21-10-4-11-26-14-17-5-3-12-27-17)22-13-15-6-8-16(9-7-15)23-19(24)25-2/h6-9,17H,3-5,10-14H2,1-2H3,(H,23,24)(H2,20,21,22). The second-order valence-electron chi connectivity index (χ2n) is 6.23. The molecule has 2 rings (SSSR count). The van der Waals surface area contributed by atoms with Gasteiger partial charge in [0, 0.05) is 39.0 Å². The quantitative estimate of drug-likeness (QED) is 0.346. The molecule has 8 nitrogen and oxygen atoms in total. The summed E-state index contributed by atoms with van der Waals surface area (Å²) in [6.07, 6.45) is 2.95. The average molecular weight is 378 g/mol. The van der Waals surface area contributed by atoms with E-state index in [4.69, 9.17) is 9.47 Å². The van der Waals surface area contributed by atoms with Crippen molar-refractivity contribution in [3.8, 4) is 0 Å². The van der Waals surface area contributed by atoms with Crippen molar-refractivity contribution in [1.29, 1.82) is 0 Å². The van der Waals surface area contributed by atoms with Gasteiger partial charge in [-0.25, -0.2) is 4.79 Å². The van der Waals surface area contributed by atoms with Gasteiger partial charge in [-0.1, -0.05) is 12.1 Å². The minimum atomic E-state index is -0.481. The topological polar surface area (TPSA) is 93.2 Å². The summed E-state index contributed by atoms with van der Waals surface area (Å²) in [5.74, 6) is 0.742. The maximum Gasteiger partial charge on any atom is 0.411 e. The Kier molecular flexibility index (Phi) is 9.43. The number of rotatable bonds is 9. The maximum absolute atomic E-state index is 11.2. The van der Waals surface area contributed by atoms with E-state index in [0.717, 1.165) is 43.9 Å². The molecule has 0 spiro atoms. The van der Waals surface area contributed by atoms with E-state index in [-0.39, 0.29) is 6.10 Å². The predicted octanol–water partition coefficient (Wildman–Crippen LogP) is 2.12. The average Bonchev–Trinajstić information content (AvgIpc) is 3.21. The number of ether oxygens (including phenoxy) is 3. The van der Waals surface area contributed by atoms with Crippen molar-refractivity contribution in [3.63, 3.8) is 0 Å². The SMILES string of the molecule is CN=C(NCCCOCC1CCCO1)NCc1ccc(NC(=O)OC)cc1. The molecule has 3 N–H and O–H groups in total. The van der Waals surface area contributed by atoms with Crippen LogP contribution in [0.1, 0.15) is 24.8 Å². The zero-order valence-electron chi connectivity index (χ0n) is 16.1. The van der Waals surface area contributed by atoms with Crippen molar-refractivity contribution in [2.45, 2.75) is 31.9 Å². The van der Waals surface area contributed by atoms with Crippen molar-refractivity contribution in [1.82, 2.24) is 10.6 Å². The van der Waals surface area contributed by atoms with Gasteiger partial charge in [-0.2, -0.15) is 0 Å². The van der Waals surface area contributed by atoms with Crippen LogP contribution in [0.2, 0.25) is 0 Å². The summed E-state index contributed by atoms with van der Waals surface area (Å²) >= 11 is 0. The molecule has 1 fully saturated rings. The first-order valence-corrected chi connectivity index (χ1v) is 9.29. The predicted molar refractivity (Wildman–Crippen MR) is 105 cm³/mol. The Labute approximate surface area is 160 Å². The molecule has 1 atom stereocenters. The van der Waals surface area contributed by atoms with E-state index in [1.54, 1.807) is 7.05 Å². The van der Waals surface area contributed by atoms with Gasteiger partial charge in [0.05, 0.1) is 19.8 Å². The van der Waals surface area contributed by atoms with Crippen molar-refractivity contribution >= 4 is 17.7 Å². The summed E-state index contributed by atoms with van der Waals surface area (Å²) in [6, 6.07) is 7.53. The first-order valence-electron chi connectivity index (χ1n) is 9.29. The number of benzene rings is 1. The lowest BCUT2D eigenvalue weighted by Gasteiger charge is -2.13. The van der Waals surface area contributed by atoms with Gasteiger partial charge < -0.3 is 24.8 Å². The highest BCUT2D eigenvalue weighted by Gasteiger charge is 2.14. The van der Waals surface area contributed by atoms with E-state index in [9.17, 15) is 4.79 Å². The first kappa shape index (κ1) is 21.0. The Hall–Kier alpha value is -2.32. The van der Waals surface area contributed by atoms with E-state index in [1.807, 2.05) is 24.3 Å². The molecular formula is C19H30N4O4. The molecule has 1 unspecified atom stereocenters. The number of carbonyl (C=O) groups excluding carboxylic acids is 1. The van der Waals surface area contributed by atoms with Crippen LogP contribution in [-0.2, 0) is 20.8 Å². The largest absolute Gasteiger partial charge is 0.453 e. The molecule has 1 saturated heterocycles. The molecule has 0 bridgehead atoms. The number of amides is 1. The molecule has 0 radical (unpaired) electrons. The zero-order chi connectivity index (χ0) is 19.3. The molecular weight excluding hydrogens is 348 g/mol. The third-order valence-corrected chi connectivity index (χ3v) is 4.15. The van der Waals surface area contributed by atoms with Crippen LogP contribution in [-0.4, -0.2) is 58.7 Å². The Balaban J connectivity index is 1.58. The van der Waals surface area contributed by atoms with Crippen LogP contribution in [0, 0.1) is 0 Å². The van der Waals surface area contributed by atoms with Crippen molar-refractivity contribution in [3.05, 3.63) is 29.8 Å². The fourth-order valence-corrected chi connectivity index (χ4v) is 2.65. The molecule has 1 aliphatic rings. The van der Waals surface area contributed by atoms with Crippen molar-refractivity contribution in [2.75, 3.05) is 45.8 Å². The van der Waals surface area contributed by atoms with Gasteiger partial charge in [-0.15, -0.1) is 0 Å². The Morgan fingerprint density at radius 3 is 2.78 bits per heavy atom. The van der Waals surface area contributed by atoms with Gasteiger partial charge in [0.15, 0.2) is 5.96 Å². The van der Waals surface area contributed by atoms with Crippen LogP contribution in [0.15, 0.2) is 29.3 Å². The van der Waals surface area contributed by atoms with Gasteiger partial charge in [0.2, 0.25) is 0 Å². The maximum atomic E-state index is 11.2. The number of nitrogens with zero attached hydrogens (tertiary/aromatic N) is 1. The van der Waals surface area contributed by atoms with Gasteiger partial charge in [0.25, 0.3) is 0 Å². The minimum absolute atomic E-state index is 0.279. The van der Waals surface area contributed by atoms with Crippen molar-refractivity contribution < 1.29 is 19.0 Å². The Morgan fingerprint density at radius 1 is 1.30 bits per heavy atom. The number of guanidine groups is 1. The smallest absolute Gasteiger partial charge is 0.411 e. The number of anilines is 1. The van der Waals surface area contributed by atoms with E-state index < -0.39 is 6.09 Å². The molecule has 27 heavy (non-hydrogen) atoms. The number of hydrogen-bond donors (Lipinski definition) is 3. The zero-order valence-corrected chi connectivity index (χ0v) is 16.1. The van der Waals surface area contributed by atoms with Crippen LogP contribution >= 0.6 is 0 Å². The van der Waals surface area contributed by atoms with E-state index in [2.05, 4.69) is 25.7 Å². The number of hydrogen-bond acceptors (Lipinski definition) is 5. The van der Waals surface area contributed by atoms with Crippen LogP contribution < -0.4 is 16.0 Å². The lowest BCUT2D eigenvalue weighted by atomic mass is 10.2. The second kappa shape index (κ2) is 12.1. The van der Waals surface area contributed by atoms with Gasteiger partial charge in [-0.3, -0.25) is 10.3 Å². The Bertz CT molecular complexity index is 586. The number of carbonyl (C=O) groups is 1. The normalized spacial score (nSPS) is 16.8. The third kappa shape index (κ3) is 8.27. The van der Waals surface area contributed by atoms with E-state index in [0.29, 0.717) is 25.4 Å². The minimum Gasteiger partial charge on any atom is -0.453 e. The number of nitrogens with one attached hydrogen (secondary N) is 3. The summed E-state index contributed by atoms with van der Waals surface area (Å²) in [4.78, 5) is 15.4. The van der Waals surface area contributed by atoms with Crippen LogP contribution in [0.5, 0.6) is 0 Å². The highest BCUT2D eigenvalue weighted by Crippen LogP contribution is 2.12. The number of aliphatic imine (C=N–C) groups is 1. The lowest BCUT2D eigenvalue weighted by Crippen LogP contribution is -2.37. The summed E-state index contributed by atoms with van der Waals surface area (Å²) in [5.41, 5.74) is 1.77. The van der Waals surface area contributed by atoms with Crippen LogP contribution in [0.4, 0.5) is 10.5 Å². The lowest BCUT2D eigenvalue weighted by molar-refractivity contribution is 0.0168. The van der Waals surface area contributed by atoms with Gasteiger partial charge >= 0.3 is 6.09 Å². The second-order valence-corrected chi connectivity index (χ2v) is 6.23. The highest BCUT2D eigenvalue weighted by atomic mass is 16.5. The summed E-state index contributed by atoms with van der Waals surface area (Å²) in [7, 11) is 3.08. The first-order chi connectivity index (χ1) is 13.2. The molecule has 1 aromatic rings. The fraction of sp³-hybridized carbons (Fsp3) is 0.579. The number of methoxy groups -OCH3 is 1. The monoisotopic (exact) mass is 378 g/mol.